The lowest BCUT2D eigenvalue weighted by Gasteiger charge is -2.20. The SMILES string of the molecule is Cc1cccc(NC(=O)Nc2ccc(-c3c(C(=O)NC(C)(C)C)cn4ncnc(N)c34)cc2F)n1. The van der Waals surface area contributed by atoms with Gasteiger partial charge in [0.1, 0.15) is 23.5 Å². The van der Waals surface area contributed by atoms with E-state index in [0.29, 0.717) is 22.5 Å². The number of anilines is 3. The number of carbonyl (C=O) groups is 2. The first-order valence-corrected chi connectivity index (χ1v) is 10.8. The molecule has 3 amide bonds. The van der Waals surface area contributed by atoms with Gasteiger partial charge in [-0.15, -0.1) is 0 Å². The zero-order valence-corrected chi connectivity index (χ0v) is 19.7. The number of hydrogen-bond donors (Lipinski definition) is 4. The number of urea groups is 1. The first kappa shape index (κ1) is 23.6. The number of benzene rings is 1. The molecule has 4 aromatic rings. The molecular weight excluding hydrogens is 451 g/mol. The van der Waals surface area contributed by atoms with E-state index >= 15 is 4.39 Å². The van der Waals surface area contributed by atoms with Gasteiger partial charge in [0.05, 0.1) is 11.3 Å². The highest BCUT2D eigenvalue weighted by atomic mass is 19.1. The van der Waals surface area contributed by atoms with Crippen molar-refractivity contribution in [2.24, 2.45) is 0 Å². The molecule has 180 valence electrons. The van der Waals surface area contributed by atoms with Crippen LogP contribution >= 0.6 is 0 Å². The van der Waals surface area contributed by atoms with Gasteiger partial charge >= 0.3 is 6.03 Å². The topological polar surface area (TPSA) is 139 Å². The van der Waals surface area contributed by atoms with E-state index in [1.807, 2.05) is 20.8 Å². The van der Waals surface area contributed by atoms with E-state index in [9.17, 15) is 9.59 Å². The van der Waals surface area contributed by atoms with Crippen LogP contribution in [-0.4, -0.2) is 37.1 Å². The molecule has 1 aromatic carbocycles. The van der Waals surface area contributed by atoms with Crippen LogP contribution in [0.2, 0.25) is 0 Å². The largest absolute Gasteiger partial charge is 0.382 e. The molecule has 0 aliphatic carbocycles. The lowest BCUT2D eigenvalue weighted by atomic mass is 10.00. The molecule has 0 saturated carbocycles. The minimum absolute atomic E-state index is 0.0488. The Balaban J connectivity index is 1.68. The quantitative estimate of drug-likeness (QED) is 0.351. The molecule has 0 aliphatic rings. The van der Waals surface area contributed by atoms with Gasteiger partial charge in [0.25, 0.3) is 5.91 Å². The van der Waals surface area contributed by atoms with Gasteiger partial charge in [0.15, 0.2) is 5.82 Å². The fraction of sp³-hybridized carbons (Fsp3) is 0.208. The number of nitrogen functional groups attached to an aromatic ring is 1. The predicted molar refractivity (Wildman–Crippen MR) is 132 cm³/mol. The highest BCUT2D eigenvalue weighted by Gasteiger charge is 2.25. The maximum atomic E-state index is 15.1. The number of fused-ring (bicyclic) bond motifs is 1. The van der Waals surface area contributed by atoms with Crippen LogP contribution < -0.4 is 21.7 Å². The van der Waals surface area contributed by atoms with Gasteiger partial charge in [-0.25, -0.2) is 23.7 Å². The van der Waals surface area contributed by atoms with Crippen molar-refractivity contribution >= 4 is 34.8 Å². The van der Waals surface area contributed by atoms with E-state index in [0.717, 1.165) is 5.69 Å². The number of hydrogen-bond acceptors (Lipinski definition) is 6. The molecule has 10 nitrogen and oxygen atoms in total. The van der Waals surface area contributed by atoms with E-state index in [1.165, 1.54) is 29.2 Å². The summed E-state index contributed by atoms with van der Waals surface area (Å²) in [6.07, 6.45) is 2.79. The molecule has 0 atom stereocenters. The van der Waals surface area contributed by atoms with E-state index in [-0.39, 0.29) is 23.0 Å². The Morgan fingerprint density at radius 1 is 1.11 bits per heavy atom. The number of amides is 3. The number of nitrogens with two attached hydrogens (primary N) is 1. The Labute approximate surface area is 200 Å². The Morgan fingerprint density at radius 3 is 2.57 bits per heavy atom. The van der Waals surface area contributed by atoms with Crippen LogP contribution in [0.5, 0.6) is 0 Å². The van der Waals surface area contributed by atoms with Gasteiger partial charge in [0, 0.05) is 23.0 Å². The molecule has 0 saturated heterocycles. The summed E-state index contributed by atoms with van der Waals surface area (Å²) >= 11 is 0. The van der Waals surface area contributed by atoms with Gasteiger partial charge < -0.3 is 16.4 Å². The Hall–Kier alpha value is -4.54. The molecule has 0 radical (unpaired) electrons. The second-order valence-corrected chi connectivity index (χ2v) is 9.00. The van der Waals surface area contributed by atoms with Crippen LogP contribution in [0.15, 0.2) is 48.9 Å². The second-order valence-electron chi connectivity index (χ2n) is 9.00. The number of carbonyl (C=O) groups excluding carboxylic acids is 2. The van der Waals surface area contributed by atoms with Crippen molar-refractivity contribution in [1.29, 1.82) is 0 Å². The van der Waals surface area contributed by atoms with Crippen LogP contribution in [0.3, 0.4) is 0 Å². The summed E-state index contributed by atoms with van der Waals surface area (Å²) in [6, 6.07) is 8.73. The molecule has 0 aliphatic heterocycles. The van der Waals surface area contributed by atoms with Crippen molar-refractivity contribution in [2.75, 3.05) is 16.4 Å². The first-order chi connectivity index (χ1) is 16.5. The minimum Gasteiger partial charge on any atom is -0.382 e. The van der Waals surface area contributed by atoms with Gasteiger partial charge in [0.2, 0.25) is 0 Å². The summed E-state index contributed by atoms with van der Waals surface area (Å²) in [7, 11) is 0. The molecule has 4 rings (SSSR count). The van der Waals surface area contributed by atoms with E-state index in [4.69, 9.17) is 5.73 Å². The first-order valence-electron chi connectivity index (χ1n) is 10.8. The van der Waals surface area contributed by atoms with Crippen LogP contribution in [0.4, 0.5) is 26.5 Å². The van der Waals surface area contributed by atoms with Gasteiger partial charge in [-0.1, -0.05) is 12.1 Å². The molecule has 3 heterocycles. The fourth-order valence-corrected chi connectivity index (χ4v) is 3.56. The molecule has 35 heavy (non-hydrogen) atoms. The molecule has 11 heteroatoms. The summed E-state index contributed by atoms with van der Waals surface area (Å²) in [5.41, 5.74) is 7.64. The van der Waals surface area contributed by atoms with Crippen molar-refractivity contribution in [2.45, 2.75) is 33.2 Å². The van der Waals surface area contributed by atoms with Crippen molar-refractivity contribution in [1.82, 2.24) is 24.9 Å². The molecule has 0 unspecified atom stereocenters. The van der Waals surface area contributed by atoms with Gasteiger partial charge in [-0.05, 0) is 57.5 Å². The number of rotatable bonds is 4. The molecule has 0 spiro atoms. The molecule has 0 fully saturated rings. The number of aryl methyl sites for hydroxylation is 1. The third-order valence-electron chi connectivity index (χ3n) is 4.97. The Bertz CT molecular complexity index is 1440. The van der Waals surface area contributed by atoms with Crippen LogP contribution in [0.1, 0.15) is 36.8 Å². The summed E-state index contributed by atoms with van der Waals surface area (Å²) in [4.78, 5) is 33.6. The maximum absolute atomic E-state index is 15.1. The molecule has 5 N–H and O–H groups in total. The molecule has 3 aromatic heterocycles. The summed E-state index contributed by atoms with van der Waals surface area (Å²) in [5.74, 6) is -0.598. The van der Waals surface area contributed by atoms with Crippen molar-refractivity contribution in [3.8, 4) is 11.1 Å². The predicted octanol–water partition coefficient (Wildman–Crippen LogP) is 3.99. The van der Waals surface area contributed by atoms with E-state index < -0.39 is 17.4 Å². The minimum atomic E-state index is -0.702. The summed E-state index contributed by atoms with van der Waals surface area (Å²) < 4.78 is 16.5. The zero-order chi connectivity index (χ0) is 25.3. The number of aromatic nitrogens is 4. The number of halogens is 1. The zero-order valence-electron chi connectivity index (χ0n) is 19.7. The van der Waals surface area contributed by atoms with E-state index in [1.54, 1.807) is 31.2 Å². The van der Waals surface area contributed by atoms with Crippen molar-refractivity contribution < 1.29 is 14.0 Å². The van der Waals surface area contributed by atoms with Crippen LogP contribution in [-0.2, 0) is 0 Å². The Morgan fingerprint density at radius 2 is 1.89 bits per heavy atom. The highest BCUT2D eigenvalue weighted by molar-refractivity contribution is 6.07. The number of pyridine rings is 1. The average molecular weight is 477 g/mol. The number of nitrogens with one attached hydrogen (secondary N) is 3. The molecular formula is C24H25FN8O2. The van der Waals surface area contributed by atoms with Crippen LogP contribution in [0.25, 0.3) is 16.6 Å². The second kappa shape index (κ2) is 9.01. The fourth-order valence-electron chi connectivity index (χ4n) is 3.56. The van der Waals surface area contributed by atoms with E-state index in [2.05, 4.69) is 31.0 Å². The van der Waals surface area contributed by atoms with Crippen molar-refractivity contribution in [3.05, 3.63) is 66.0 Å². The lowest BCUT2D eigenvalue weighted by molar-refractivity contribution is 0.0920. The number of nitrogens with zero attached hydrogens (tertiary/aromatic N) is 4. The van der Waals surface area contributed by atoms with Crippen molar-refractivity contribution in [3.63, 3.8) is 0 Å². The van der Waals surface area contributed by atoms with Gasteiger partial charge in [-0.3, -0.25) is 10.1 Å². The lowest BCUT2D eigenvalue weighted by Crippen LogP contribution is -2.40. The van der Waals surface area contributed by atoms with Gasteiger partial charge in [-0.2, -0.15) is 5.10 Å². The smallest absolute Gasteiger partial charge is 0.324 e. The average Bonchev–Trinajstić information content (AvgIpc) is 3.15. The maximum Gasteiger partial charge on any atom is 0.324 e. The molecule has 0 bridgehead atoms. The highest BCUT2D eigenvalue weighted by Crippen LogP contribution is 2.34. The normalized spacial score (nSPS) is 11.3. The summed E-state index contributed by atoms with van der Waals surface area (Å²) in [6.45, 7) is 7.35. The third kappa shape index (κ3) is 5.18. The third-order valence-corrected chi connectivity index (χ3v) is 4.97. The standard InChI is InChI=1S/C24H25FN8O2/c1-13-6-5-7-18(29-13)31-23(35)30-17-9-8-14(10-16(17)25)19-15(22(34)32-24(2,3)4)11-33-20(19)21(26)27-12-28-33/h5-12H,1-4H3,(H,32,34)(H2,26,27,28)(H2,29,30,31,35). The Kier molecular flexibility index (Phi) is 6.08. The van der Waals surface area contributed by atoms with Crippen LogP contribution in [0, 0.1) is 12.7 Å². The summed E-state index contributed by atoms with van der Waals surface area (Å²) in [5, 5.41) is 12.1. The monoisotopic (exact) mass is 476 g/mol.